The largest absolute Gasteiger partial charge is 0.445 e. The summed E-state index contributed by atoms with van der Waals surface area (Å²) >= 11 is 0. The maximum absolute atomic E-state index is 12.9. The molecule has 1 N–H and O–H groups in total. The van der Waals surface area contributed by atoms with Gasteiger partial charge in [-0.15, -0.1) is 0 Å². The minimum atomic E-state index is -3.36. The number of hydrogen-bond acceptors (Lipinski definition) is 6. The molecule has 1 saturated carbocycles. The molecule has 1 aliphatic carbocycles. The van der Waals surface area contributed by atoms with E-state index in [4.69, 9.17) is 9.47 Å². The maximum Gasteiger partial charge on any atom is 0.408 e. The van der Waals surface area contributed by atoms with Crippen molar-refractivity contribution in [2.45, 2.75) is 56.1 Å². The van der Waals surface area contributed by atoms with Crippen LogP contribution in [0.1, 0.15) is 45.1 Å². The van der Waals surface area contributed by atoms with Crippen molar-refractivity contribution in [2.75, 3.05) is 39.1 Å². The lowest BCUT2D eigenvalue weighted by atomic mass is 9.86. The summed E-state index contributed by atoms with van der Waals surface area (Å²) in [4.78, 5) is 15.4. The van der Waals surface area contributed by atoms with E-state index >= 15 is 0 Å². The molecule has 6 rings (SSSR count). The van der Waals surface area contributed by atoms with Gasteiger partial charge in [0.25, 0.3) is 0 Å². The highest BCUT2D eigenvalue weighted by molar-refractivity contribution is 7.91. The Kier molecular flexibility index (Phi) is 7.11. The zero-order chi connectivity index (χ0) is 26.3. The number of benzene rings is 2. The van der Waals surface area contributed by atoms with Gasteiger partial charge in [0.15, 0.2) is 9.84 Å². The van der Waals surface area contributed by atoms with Crippen molar-refractivity contribution < 1.29 is 22.7 Å². The van der Waals surface area contributed by atoms with E-state index in [1.54, 1.807) is 19.2 Å². The fourth-order valence-electron chi connectivity index (χ4n) is 5.77. The third-order valence-corrected chi connectivity index (χ3v) is 10.3. The quantitative estimate of drug-likeness (QED) is 0.514. The minimum absolute atomic E-state index is 0.0257. The highest BCUT2D eigenvalue weighted by atomic mass is 32.2. The van der Waals surface area contributed by atoms with Crippen LogP contribution in [0, 0.1) is 11.3 Å². The highest BCUT2D eigenvalue weighted by Crippen LogP contribution is 2.47. The third-order valence-electron chi connectivity index (χ3n) is 8.33. The van der Waals surface area contributed by atoms with Crippen LogP contribution in [-0.4, -0.2) is 64.6 Å². The Hall–Kier alpha value is -2.42. The highest BCUT2D eigenvalue weighted by Gasteiger charge is 2.46. The molecule has 3 heterocycles. The van der Waals surface area contributed by atoms with Crippen molar-refractivity contribution in [3.8, 4) is 11.1 Å². The van der Waals surface area contributed by atoms with E-state index in [1.165, 1.54) is 0 Å². The topological polar surface area (TPSA) is 84.9 Å². The van der Waals surface area contributed by atoms with Crippen molar-refractivity contribution in [3.63, 3.8) is 0 Å². The number of ether oxygens (including phenoxy) is 2. The number of sulfone groups is 1. The van der Waals surface area contributed by atoms with Crippen LogP contribution < -0.4 is 5.32 Å². The summed E-state index contributed by atoms with van der Waals surface area (Å²) < 4.78 is 36.9. The van der Waals surface area contributed by atoms with Gasteiger partial charge in [-0.05, 0) is 87.4 Å². The second-order valence-corrected chi connectivity index (χ2v) is 13.6. The average Bonchev–Trinajstić information content (AvgIpc) is 3.63. The summed E-state index contributed by atoms with van der Waals surface area (Å²) in [5, 5.41) is 3.04. The van der Waals surface area contributed by atoms with E-state index in [0.29, 0.717) is 17.4 Å². The second-order valence-electron chi connectivity index (χ2n) is 11.6. The number of hydrogen-bond donors (Lipinski definition) is 1. The van der Waals surface area contributed by atoms with E-state index in [9.17, 15) is 13.2 Å². The second kappa shape index (κ2) is 10.0. The van der Waals surface area contributed by atoms with Gasteiger partial charge in [0.1, 0.15) is 6.10 Å². The Morgan fingerprint density at radius 2 is 1.62 bits per heavy atom. The summed E-state index contributed by atoms with van der Waals surface area (Å²) in [7, 11) is -1.74. The van der Waals surface area contributed by atoms with E-state index in [-0.39, 0.29) is 23.4 Å². The predicted molar refractivity (Wildman–Crippen MR) is 143 cm³/mol. The Bertz CT molecular complexity index is 1210. The number of methoxy groups -OCH3 is 1. The molecular weight excluding hydrogens is 488 g/mol. The molecule has 7 nitrogen and oxygen atoms in total. The fourth-order valence-corrected chi connectivity index (χ4v) is 7.67. The average molecular weight is 527 g/mol. The molecule has 0 spiro atoms. The number of fused-ring (bicyclic) bond motifs is 3. The molecule has 1 amide bonds. The van der Waals surface area contributed by atoms with Crippen LogP contribution in [0.25, 0.3) is 11.1 Å². The van der Waals surface area contributed by atoms with Crippen molar-refractivity contribution in [3.05, 3.63) is 54.1 Å². The van der Waals surface area contributed by atoms with Gasteiger partial charge in [0.2, 0.25) is 0 Å². The third kappa shape index (κ3) is 5.86. The van der Waals surface area contributed by atoms with Crippen molar-refractivity contribution in [1.82, 2.24) is 10.2 Å². The molecule has 4 fully saturated rings. The van der Waals surface area contributed by atoms with Gasteiger partial charge in [-0.3, -0.25) is 4.90 Å². The standard InChI is InChI=1S/C29H38N2O5S/c1-28(2,30-27(32)36-26-18-31-16-12-23(26)13-17-31)24-8-4-21(5-9-24)22-6-10-25(11-7-22)37(33,34)20-29(14-15-29)19-35-3/h4-11,23,26H,12-20H2,1-3H3,(H,30,32). The molecule has 200 valence electrons. The molecule has 3 saturated heterocycles. The van der Waals surface area contributed by atoms with E-state index in [0.717, 1.165) is 62.0 Å². The van der Waals surface area contributed by atoms with Crippen molar-refractivity contribution in [2.24, 2.45) is 11.3 Å². The summed E-state index contributed by atoms with van der Waals surface area (Å²) in [5.41, 5.74) is 2.08. The van der Waals surface area contributed by atoms with Gasteiger partial charge in [-0.2, -0.15) is 0 Å². The van der Waals surface area contributed by atoms with Crippen LogP contribution in [0.3, 0.4) is 0 Å². The summed E-state index contributed by atoms with van der Waals surface area (Å²) in [6.45, 7) is 7.47. The predicted octanol–water partition coefficient (Wildman–Crippen LogP) is 4.61. The van der Waals surface area contributed by atoms with Crippen LogP contribution >= 0.6 is 0 Å². The molecule has 2 aromatic carbocycles. The Morgan fingerprint density at radius 1 is 1.03 bits per heavy atom. The number of nitrogens with one attached hydrogen (secondary N) is 1. The molecule has 4 aliphatic rings. The van der Waals surface area contributed by atoms with E-state index < -0.39 is 15.4 Å². The smallest absolute Gasteiger partial charge is 0.408 e. The van der Waals surface area contributed by atoms with Gasteiger partial charge >= 0.3 is 6.09 Å². The number of rotatable bonds is 9. The Labute approximate surface area is 220 Å². The lowest BCUT2D eigenvalue weighted by Crippen LogP contribution is -2.53. The van der Waals surface area contributed by atoms with Crippen LogP contribution in [0.2, 0.25) is 0 Å². The van der Waals surface area contributed by atoms with Crippen LogP contribution in [0.4, 0.5) is 4.79 Å². The first kappa shape index (κ1) is 26.2. The zero-order valence-corrected chi connectivity index (χ0v) is 22.9. The van der Waals surface area contributed by atoms with Gasteiger partial charge in [0.05, 0.1) is 22.8 Å². The molecular formula is C29H38N2O5S. The number of carbonyl (C=O) groups excluding carboxylic acids is 1. The van der Waals surface area contributed by atoms with Gasteiger partial charge < -0.3 is 14.8 Å². The number of nitrogens with zero attached hydrogens (tertiary/aromatic N) is 1. The lowest BCUT2D eigenvalue weighted by molar-refractivity contribution is -0.0349. The summed E-state index contributed by atoms with van der Waals surface area (Å²) in [6.07, 6.45) is 3.60. The van der Waals surface area contributed by atoms with Crippen LogP contribution in [0.15, 0.2) is 53.4 Å². The Morgan fingerprint density at radius 3 is 2.14 bits per heavy atom. The number of carbonyl (C=O) groups is 1. The number of amides is 1. The summed E-state index contributed by atoms with van der Waals surface area (Å²) in [5.74, 6) is 0.603. The first-order valence-electron chi connectivity index (χ1n) is 13.2. The molecule has 3 aliphatic heterocycles. The van der Waals surface area contributed by atoms with Crippen molar-refractivity contribution in [1.29, 1.82) is 0 Å². The first-order chi connectivity index (χ1) is 17.6. The fraction of sp³-hybridized carbons (Fsp3) is 0.552. The van der Waals surface area contributed by atoms with E-state index in [1.807, 2.05) is 50.2 Å². The van der Waals surface area contributed by atoms with Gasteiger partial charge in [-0.1, -0.05) is 36.4 Å². The monoisotopic (exact) mass is 526 g/mol. The van der Waals surface area contributed by atoms with Crippen LogP contribution in [-0.2, 0) is 24.8 Å². The number of piperidine rings is 3. The van der Waals surface area contributed by atoms with Gasteiger partial charge in [-0.25, -0.2) is 13.2 Å². The number of alkyl carbamates (subject to hydrolysis) is 1. The maximum atomic E-state index is 12.9. The molecule has 0 radical (unpaired) electrons. The Balaban J connectivity index is 1.21. The summed E-state index contributed by atoms with van der Waals surface area (Å²) in [6, 6.07) is 15.1. The normalized spacial score (nSPS) is 24.5. The minimum Gasteiger partial charge on any atom is -0.445 e. The van der Waals surface area contributed by atoms with E-state index in [2.05, 4.69) is 10.2 Å². The lowest BCUT2D eigenvalue weighted by Gasteiger charge is -2.44. The molecule has 2 aromatic rings. The van der Waals surface area contributed by atoms with Gasteiger partial charge in [0, 0.05) is 19.1 Å². The zero-order valence-electron chi connectivity index (χ0n) is 22.0. The molecule has 2 bridgehead atoms. The SMILES string of the molecule is COCC1(CS(=O)(=O)c2ccc(-c3ccc(C(C)(C)NC(=O)OC4CN5CCC4CC5)cc3)cc2)CC1. The molecule has 0 aromatic heterocycles. The van der Waals surface area contributed by atoms with Crippen molar-refractivity contribution >= 4 is 15.9 Å². The molecule has 37 heavy (non-hydrogen) atoms. The first-order valence-corrected chi connectivity index (χ1v) is 14.9. The molecule has 1 unspecified atom stereocenters. The van der Waals surface area contributed by atoms with Crippen LogP contribution in [0.5, 0.6) is 0 Å². The molecule has 8 heteroatoms. The molecule has 1 atom stereocenters.